The second-order valence-corrected chi connectivity index (χ2v) is 35.8. The number of carbonyl (C=O) groups is 3. The van der Waals surface area contributed by atoms with E-state index >= 15 is 0 Å². The van der Waals surface area contributed by atoms with Gasteiger partial charge in [-0.1, -0.05) is 96.5 Å². The zero-order valence-electron chi connectivity index (χ0n) is 75.8. The number of amides is 3. The number of likely N-dealkylation sites (tertiary alicyclic amines) is 3. The first-order valence-corrected chi connectivity index (χ1v) is 45.9. The number of fused-ring (bicyclic) bond motifs is 5. The maximum atomic E-state index is 13.3. The second kappa shape index (κ2) is 44.7. The lowest BCUT2D eigenvalue weighted by molar-refractivity contribution is -0.142. The van der Waals surface area contributed by atoms with E-state index in [0.717, 1.165) is 144 Å². The summed E-state index contributed by atoms with van der Waals surface area (Å²) in [5.74, 6) is 0.675. The van der Waals surface area contributed by atoms with E-state index in [1.807, 2.05) is 47.4 Å². The van der Waals surface area contributed by atoms with Gasteiger partial charge in [-0.2, -0.15) is 85.9 Å². The number of piperazine rings is 3. The summed E-state index contributed by atoms with van der Waals surface area (Å²) in [6, 6.07) is 38.3. The van der Waals surface area contributed by atoms with Gasteiger partial charge in [-0.05, 0) is 177 Å². The van der Waals surface area contributed by atoms with Gasteiger partial charge in [-0.25, -0.2) is 4.39 Å². The molecule has 0 aliphatic carbocycles. The average Bonchev–Trinajstić information content (AvgIpc) is 1.07. The molecule has 6 atom stereocenters. The third-order valence-corrected chi connectivity index (χ3v) is 27.6. The van der Waals surface area contributed by atoms with Crippen LogP contribution >= 0.6 is 50.2 Å². The van der Waals surface area contributed by atoms with Gasteiger partial charge in [0.1, 0.15) is 49.5 Å². The largest absolute Gasteiger partial charge is 0.462 e. The van der Waals surface area contributed by atoms with Crippen LogP contribution < -0.4 is 43.6 Å². The molecule has 0 bridgehead atoms. The molecule has 12 heterocycles. The number of hydrogen-bond acceptors (Lipinski definition) is 24. The molecule has 27 nitrogen and oxygen atoms in total. The Hall–Kier alpha value is -11.0. The highest BCUT2D eigenvalue weighted by atomic mass is 35.5. The number of allylic oxidation sites excluding steroid dienone is 1. The molecule has 6 fully saturated rings. The number of benzene rings is 5. The fourth-order valence-corrected chi connectivity index (χ4v) is 20.1. The molecule has 9 aliphatic heterocycles. The summed E-state index contributed by atoms with van der Waals surface area (Å²) in [5, 5.41) is 33.7. The number of ether oxygens (including phenoxy) is 3. The van der Waals surface area contributed by atoms with Crippen LogP contribution in [-0.4, -0.2) is 265 Å². The Morgan fingerprint density at radius 3 is 1.26 bits per heavy atom. The Bertz CT molecular complexity index is 5670. The summed E-state index contributed by atoms with van der Waals surface area (Å²) in [6.07, 6.45) is 8.08. The van der Waals surface area contributed by atoms with Gasteiger partial charge in [0.25, 0.3) is 5.91 Å². The molecule has 700 valence electrons. The summed E-state index contributed by atoms with van der Waals surface area (Å²) in [7, 11) is 6.33. The van der Waals surface area contributed by atoms with E-state index in [9.17, 15) is 47.7 Å². The summed E-state index contributed by atoms with van der Waals surface area (Å²) in [4.78, 5) is 92.6. The highest BCUT2D eigenvalue weighted by Gasteiger charge is 2.44. The smallest absolute Gasteiger partial charge is 0.421 e. The topological polar surface area (TPSA) is 266 Å². The van der Waals surface area contributed by atoms with E-state index in [1.165, 1.54) is 69.0 Å². The number of alkyl halides is 4. The van der Waals surface area contributed by atoms with Crippen molar-refractivity contribution in [2.45, 2.75) is 160 Å². The van der Waals surface area contributed by atoms with Gasteiger partial charge in [0.05, 0.1) is 97.3 Å². The molecule has 35 heteroatoms. The lowest BCUT2D eigenvalue weighted by atomic mass is 9.99. The Kier molecular flexibility index (Phi) is 33.4. The first-order valence-electron chi connectivity index (χ1n) is 45.1. The number of rotatable bonds is 22. The number of nitrogens with zero attached hydrogens (tertiary/aromatic N) is 21. The van der Waals surface area contributed by atoms with Gasteiger partial charge in [-0.15, -0.1) is 0 Å². The van der Waals surface area contributed by atoms with E-state index < -0.39 is 30.4 Å². The first kappa shape index (κ1) is 98.5. The van der Waals surface area contributed by atoms with Crippen LogP contribution in [0, 0.1) is 54.8 Å². The highest BCUT2D eigenvalue weighted by Crippen LogP contribution is 2.42. The molecule has 9 aliphatic rings. The first-order chi connectivity index (χ1) is 62.9. The zero-order valence-corrected chi connectivity index (χ0v) is 79.3. The molecule has 132 heavy (non-hydrogen) atoms. The van der Waals surface area contributed by atoms with Crippen molar-refractivity contribution in [3.63, 3.8) is 0 Å². The maximum absolute atomic E-state index is 13.3. The Labute approximate surface area is 794 Å². The number of carbonyl (C=O) groups excluding carboxylic acids is 3. The van der Waals surface area contributed by atoms with Gasteiger partial charge in [-0.3, -0.25) is 14.4 Å². The molecule has 3 amide bonds. The van der Waals surface area contributed by atoms with Crippen LogP contribution in [0.1, 0.15) is 108 Å². The maximum Gasteiger partial charge on any atom is 0.421 e. The molecule has 0 N–H and O–H groups in total. The molecule has 3 aromatic heterocycles. The molecule has 6 saturated heterocycles. The molecular formula is C97H117Cl2F4N21O6S2. The molecule has 0 saturated carbocycles. The van der Waals surface area contributed by atoms with Crippen molar-refractivity contribution in [2.24, 2.45) is 0 Å². The highest BCUT2D eigenvalue weighted by molar-refractivity contribution is 7.59. The standard InChI is InChI=1S/C34H40FN7O2.C33H35ClF3N7O2.C30H38ClN7O2.2H2S/c1-24-7-3-8-25-9-4-11-30(32(24)25)40-18-14-28-29(22-40)37-34(44-23-27-10-6-17-39(27)2)38-33(28)41-19-20-42(26(21-41)13-16-36)31(43)12-5-15-35;1-21(33(35,36)37)31(45)44-17-16-43(18-23(44)11-13-38)30-25-12-15-42(28-10-4-7-22-6-3-9-26(34)29(22)28)19-27(25)39-32(40-30)46-20-24-8-5-14-41(24)2;1-21-6-4-8-27(22(21)2)36-15-11-25-26(19-36)33-30(40-20-24-7-5-14-35(24)3)34-29(25)37-16-17-38(28(39)9-12-31)23(18-37)10-13-32;;/h3-5,7-9,11-12,26-27H,6,10,13-15,17-23H2,1-2H3;3-4,6-7,9-10,23-24H,1,5,8,11-12,14-20H2,2H3;4,6,8-9,12,23-24H,5,7,10-11,14-20H2,1-3H3;2*1H2/b12-5+;;12-9-;;/t26-,27-;2*23-,24-;;/m000../s1. The monoisotopic (exact) mass is 1880 g/mol. The Morgan fingerprint density at radius 1 is 0.477 bits per heavy atom. The summed E-state index contributed by atoms with van der Waals surface area (Å²) in [6.45, 7) is 21.0. The number of likely N-dealkylation sites (N-methyl/N-ethyl adjacent to an activating group) is 3. The number of halogens is 6. The Balaban J connectivity index is 0.000000167. The Morgan fingerprint density at radius 2 is 0.848 bits per heavy atom. The minimum atomic E-state index is -4.85. The van der Waals surface area contributed by atoms with E-state index in [1.54, 1.807) is 9.80 Å². The van der Waals surface area contributed by atoms with Crippen LogP contribution in [0.25, 0.3) is 21.5 Å². The number of aryl methyl sites for hydroxylation is 2. The zero-order chi connectivity index (χ0) is 91.4. The van der Waals surface area contributed by atoms with Gasteiger partial charge < -0.3 is 73.0 Å². The van der Waals surface area contributed by atoms with Gasteiger partial charge in [0.2, 0.25) is 11.8 Å². The SMILES string of the molecule is C=C(C(=O)N1CCN(c2nc(OC[C@@H]3CCCN3C)nc3c2CCN(c2cccc4cccc(Cl)c24)C3)C[C@@H]1CC#N)C(F)(F)F.Cc1cccc(N2CCc3c(nc(OC[C@@H]4CCCN4C)nc3N3CCN(C(=O)/C=C\Cl)[C@@H](CC#N)C3)C2)c1C.Cc1cccc2cccc(N3CCc4c(nc(OC[C@@H]5CCCN5C)nc4N4CCN(C(=O)/C=C/CF)[C@@H](CC#N)C4)C3)c12.S.S. The summed E-state index contributed by atoms with van der Waals surface area (Å²) >= 11 is 12.3. The number of nitriles is 3. The molecule has 0 spiro atoms. The van der Waals surface area contributed by atoms with Crippen LogP contribution in [0.3, 0.4) is 0 Å². The van der Waals surface area contributed by atoms with Gasteiger partial charge in [0, 0.05) is 159 Å². The van der Waals surface area contributed by atoms with Crippen LogP contribution in [-0.2, 0) is 53.3 Å². The molecule has 17 rings (SSSR count). The van der Waals surface area contributed by atoms with E-state index in [2.05, 4.69) is 154 Å². The van der Waals surface area contributed by atoms with Gasteiger partial charge >= 0.3 is 24.2 Å². The predicted molar refractivity (Wildman–Crippen MR) is 517 cm³/mol. The van der Waals surface area contributed by atoms with Crippen molar-refractivity contribution in [1.29, 1.82) is 15.8 Å². The van der Waals surface area contributed by atoms with Crippen molar-refractivity contribution in [2.75, 3.05) is 175 Å². The van der Waals surface area contributed by atoms with E-state index in [4.69, 9.17) is 67.3 Å². The third kappa shape index (κ3) is 22.4. The second-order valence-electron chi connectivity index (χ2n) is 35.1. The van der Waals surface area contributed by atoms with Crippen molar-refractivity contribution in [3.8, 4) is 36.2 Å². The molecule has 0 radical (unpaired) electrons. The van der Waals surface area contributed by atoms with Crippen LogP contribution in [0.15, 0.2) is 127 Å². The predicted octanol–water partition coefficient (Wildman–Crippen LogP) is 13.8. The molecule has 0 unspecified atom stereocenters. The molecular weight excluding hydrogens is 1770 g/mol. The van der Waals surface area contributed by atoms with Crippen molar-refractivity contribution in [3.05, 3.63) is 182 Å². The summed E-state index contributed by atoms with van der Waals surface area (Å²) in [5.41, 5.74) is 12.9. The number of anilines is 6. The third-order valence-electron chi connectivity index (χ3n) is 27.1. The molecule has 5 aromatic carbocycles. The fourth-order valence-electron chi connectivity index (χ4n) is 19.7. The van der Waals surface area contributed by atoms with Crippen molar-refractivity contribution in [1.82, 2.24) is 59.3 Å². The van der Waals surface area contributed by atoms with Crippen molar-refractivity contribution >= 4 is 124 Å². The lowest BCUT2D eigenvalue weighted by Gasteiger charge is -2.42. The fraction of sp³-hybridized carbons (Fsp3) is 0.485. The number of aromatic nitrogens is 6. The van der Waals surface area contributed by atoms with Crippen LogP contribution in [0.2, 0.25) is 5.02 Å². The van der Waals surface area contributed by atoms with E-state index in [0.29, 0.717) is 127 Å². The van der Waals surface area contributed by atoms with Gasteiger partial charge in [0.15, 0.2) is 0 Å². The van der Waals surface area contributed by atoms with E-state index in [-0.39, 0.29) is 102 Å². The van der Waals surface area contributed by atoms with Crippen LogP contribution in [0.5, 0.6) is 18.0 Å². The minimum Gasteiger partial charge on any atom is -0.462 e. The average molecular weight is 1880 g/mol. The molecule has 8 aromatic rings. The number of hydrogen-bond donors (Lipinski definition) is 0. The summed E-state index contributed by atoms with van der Waals surface area (Å²) < 4.78 is 71.5. The lowest BCUT2D eigenvalue weighted by Crippen LogP contribution is -2.56. The minimum absolute atomic E-state index is 0. The quantitative estimate of drug-likeness (QED) is 0.0451. The van der Waals surface area contributed by atoms with Crippen LogP contribution in [0.4, 0.5) is 52.1 Å². The normalized spacial score (nSPS) is 20.6. The van der Waals surface area contributed by atoms with Crippen molar-refractivity contribution < 1.29 is 46.2 Å².